The Morgan fingerprint density at radius 1 is 0.923 bits per heavy atom. The summed E-state index contributed by atoms with van der Waals surface area (Å²) in [4.78, 5) is 27.9. The van der Waals surface area contributed by atoms with Crippen LogP contribution < -0.4 is 0 Å². The van der Waals surface area contributed by atoms with E-state index in [9.17, 15) is 19.8 Å². The van der Waals surface area contributed by atoms with Gasteiger partial charge < -0.3 is 19.8 Å². The highest BCUT2D eigenvalue weighted by molar-refractivity contribution is 5.97. The Hall–Kier alpha value is -3.80. The van der Waals surface area contributed by atoms with Crippen molar-refractivity contribution in [2.75, 3.05) is 7.05 Å². The number of carbonyl (C=O) groups is 2. The number of hydrogen-bond donors (Lipinski definition) is 2. The molecular weight excluding hydrogens is 490 g/mol. The number of rotatable bonds is 10. The van der Waals surface area contributed by atoms with Crippen LogP contribution in [0, 0.1) is 0 Å². The van der Waals surface area contributed by atoms with Gasteiger partial charge in [0.2, 0.25) is 0 Å². The van der Waals surface area contributed by atoms with Gasteiger partial charge in [-0.1, -0.05) is 68.4 Å². The lowest BCUT2D eigenvalue weighted by molar-refractivity contribution is -0.150. The maximum atomic E-state index is 13.2. The van der Waals surface area contributed by atoms with Crippen molar-refractivity contribution in [1.82, 2.24) is 4.90 Å². The molecule has 0 aliphatic heterocycles. The molecule has 1 amide bonds. The first-order valence-electron chi connectivity index (χ1n) is 13.9. The predicted octanol–water partition coefficient (Wildman–Crippen LogP) is 6.70. The Labute approximate surface area is 231 Å². The average molecular weight is 530 g/mol. The van der Waals surface area contributed by atoms with E-state index < -0.39 is 0 Å². The summed E-state index contributed by atoms with van der Waals surface area (Å²) >= 11 is 0. The van der Waals surface area contributed by atoms with Crippen molar-refractivity contribution in [3.8, 4) is 11.5 Å². The first-order valence-corrected chi connectivity index (χ1v) is 13.9. The normalized spacial score (nSPS) is 14.4. The van der Waals surface area contributed by atoms with E-state index in [1.807, 2.05) is 62.4 Å². The Bertz CT molecular complexity index is 1280. The van der Waals surface area contributed by atoms with Gasteiger partial charge in [0.25, 0.3) is 5.91 Å². The van der Waals surface area contributed by atoms with Crippen LogP contribution in [0.4, 0.5) is 0 Å². The van der Waals surface area contributed by atoms with Gasteiger partial charge in [-0.3, -0.25) is 9.59 Å². The summed E-state index contributed by atoms with van der Waals surface area (Å²) in [5, 5.41) is 20.5. The zero-order chi connectivity index (χ0) is 27.9. The van der Waals surface area contributed by atoms with Crippen molar-refractivity contribution in [1.29, 1.82) is 0 Å². The third kappa shape index (κ3) is 7.20. The largest absolute Gasteiger partial charge is 0.508 e. The monoisotopic (exact) mass is 529 g/mol. The number of esters is 1. The summed E-state index contributed by atoms with van der Waals surface area (Å²) in [5.74, 6) is -1.04. The zero-order valence-corrected chi connectivity index (χ0v) is 23.1. The van der Waals surface area contributed by atoms with Gasteiger partial charge in [0.05, 0.1) is 11.5 Å². The second-order valence-electron chi connectivity index (χ2n) is 10.9. The minimum absolute atomic E-state index is 0.00861. The van der Waals surface area contributed by atoms with E-state index in [4.69, 9.17) is 4.74 Å². The number of phenols is 2. The van der Waals surface area contributed by atoms with Crippen LogP contribution in [0.2, 0.25) is 0 Å². The molecular formula is C33H39NO5. The number of carbonyl (C=O) groups excluding carboxylic acids is 2. The molecule has 3 aromatic carbocycles. The SMILES string of the molecule is CC(C)c1cc(C(=O)N(C)Cc2cccc(CC[C@H](C(=O)OC3CCCC3)c3ccccc3)c2)c(O)cc1O. The minimum Gasteiger partial charge on any atom is -0.508 e. The molecule has 4 rings (SSSR count). The fourth-order valence-electron chi connectivity index (χ4n) is 5.33. The van der Waals surface area contributed by atoms with E-state index in [2.05, 4.69) is 6.07 Å². The standard InChI is InChI=1S/C33H39NO5/c1-22(2)28-19-29(31(36)20-30(28)35)32(37)34(3)21-24-11-9-10-23(18-24)16-17-27(25-12-5-4-6-13-25)33(38)39-26-14-7-8-15-26/h4-6,9-13,18-20,22,26-27,35-36H,7-8,14-17,21H2,1-3H3/t27-/m0/s1. The molecule has 1 aliphatic rings. The molecule has 0 unspecified atom stereocenters. The van der Waals surface area contributed by atoms with Crippen LogP contribution >= 0.6 is 0 Å². The van der Waals surface area contributed by atoms with E-state index in [0.717, 1.165) is 42.4 Å². The van der Waals surface area contributed by atoms with Crippen LogP contribution in [-0.2, 0) is 22.5 Å². The van der Waals surface area contributed by atoms with E-state index in [1.165, 1.54) is 6.07 Å². The van der Waals surface area contributed by atoms with Crippen molar-refractivity contribution in [3.05, 3.63) is 94.5 Å². The van der Waals surface area contributed by atoms with Gasteiger partial charge in [0, 0.05) is 19.7 Å². The summed E-state index contributed by atoms with van der Waals surface area (Å²) in [5.41, 5.74) is 3.79. The first-order chi connectivity index (χ1) is 18.7. The quantitative estimate of drug-likeness (QED) is 0.286. The fourth-order valence-corrected chi connectivity index (χ4v) is 5.33. The second-order valence-corrected chi connectivity index (χ2v) is 10.9. The van der Waals surface area contributed by atoms with E-state index in [-0.39, 0.29) is 46.9 Å². The molecule has 1 saturated carbocycles. The van der Waals surface area contributed by atoms with Crippen LogP contribution in [0.5, 0.6) is 11.5 Å². The summed E-state index contributed by atoms with van der Waals surface area (Å²) < 4.78 is 5.88. The van der Waals surface area contributed by atoms with E-state index in [1.54, 1.807) is 18.0 Å². The molecule has 1 fully saturated rings. The zero-order valence-electron chi connectivity index (χ0n) is 23.1. The highest BCUT2D eigenvalue weighted by Crippen LogP contribution is 2.33. The summed E-state index contributed by atoms with van der Waals surface area (Å²) in [7, 11) is 1.70. The van der Waals surface area contributed by atoms with Gasteiger partial charge in [-0.15, -0.1) is 0 Å². The number of benzene rings is 3. The van der Waals surface area contributed by atoms with Gasteiger partial charge >= 0.3 is 5.97 Å². The first kappa shape index (κ1) is 28.2. The van der Waals surface area contributed by atoms with Crippen molar-refractivity contribution in [3.63, 3.8) is 0 Å². The van der Waals surface area contributed by atoms with Gasteiger partial charge in [0.1, 0.15) is 17.6 Å². The summed E-state index contributed by atoms with van der Waals surface area (Å²) in [6.45, 7) is 4.20. The number of aryl methyl sites for hydroxylation is 1. The average Bonchev–Trinajstić information content (AvgIpc) is 3.42. The number of ether oxygens (including phenoxy) is 1. The molecule has 2 N–H and O–H groups in total. The van der Waals surface area contributed by atoms with E-state index in [0.29, 0.717) is 24.9 Å². The molecule has 0 heterocycles. The maximum Gasteiger partial charge on any atom is 0.313 e. The Morgan fingerprint density at radius 3 is 2.31 bits per heavy atom. The molecule has 1 aliphatic carbocycles. The lowest BCUT2D eigenvalue weighted by atomic mass is 9.92. The van der Waals surface area contributed by atoms with Crippen molar-refractivity contribution < 1.29 is 24.5 Å². The van der Waals surface area contributed by atoms with Crippen LogP contribution in [0.25, 0.3) is 0 Å². The van der Waals surface area contributed by atoms with Crippen molar-refractivity contribution >= 4 is 11.9 Å². The minimum atomic E-state index is -0.327. The molecule has 39 heavy (non-hydrogen) atoms. The lowest BCUT2D eigenvalue weighted by Gasteiger charge is -2.21. The van der Waals surface area contributed by atoms with Gasteiger partial charge in [-0.05, 0) is 72.8 Å². The number of hydrogen-bond acceptors (Lipinski definition) is 5. The van der Waals surface area contributed by atoms with Crippen LogP contribution in [0.15, 0.2) is 66.7 Å². The molecule has 206 valence electrons. The molecule has 0 radical (unpaired) electrons. The molecule has 1 atom stereocenters. The summed E-state index contributed by atoms with van der Waals surface area (Å²) in [6, 6.07) is 20.7. The van der Waals surface area contributed by atoms with Crippen LogP contribution in [0.3, 0.4) is 0 Å². The Balaban J connectivity index is 1.44. The van der Waals surface area contributed by atoms with Crippen LogP contribution in [-0.4, -0.2) is 40.1 Å². The molecule has 6 nitrogen and oxygen atoms in total. The number of aromatic hydroxyl groups is 2. The third-order valence-corrected chi connectivity index (χ3v) is 7.55. The highest BCUT2D eigenvalue weighted by Gasteiger charge is 2.27. The number of nitrogens with zero attached hydrogens (tertiary/aromatic N) is 1. The van der Waals surface area contributed by atoms with Crippen molar-refractivity contribution in [2.24, 2.45) is 0 Å². The molecule has 6 heteroatoms. The smallest absolute Gasteiger partial charge is 0.313 e. The molecule has 0 aromatic heterocycles. The summed E-state index contributed by atoms with van der Waals surface area (Å²) in [6.07, 6.45) is 5.48. The molecule has 0 bridgehead atoms. The topological polar surface area (TPSA) is 87.1 Å². The lowest BCUT2D eigenvalue weighted by Crippen LogP contribution is -2.26. The Morgan fingerprint density at radius 2 is 1.62 bits per heavy atom. The van der Waals surface area contributed by atoms with E-state index >= 15 is 0 Å². The van der Waals surface area contributed by atoms with Gasteiger partial charge in [0.15, 0.2) is 0 Å². The predicted molar refractivity (Wildman–Crippen MR) is 152 cm³/mol. The highest BCUT2D eigenvalue weighted by atomic mass is 16.5. The van der Waals surface area contributed by atoms with Crippen molar-refractivity contribution in [2.45, 2.75) is 76.9 Å². The second kappa shape index (κ2) is 12.8. The molecule has 3 aromatic rings. The number of amides is 1. The molecule has 0 saturated heterocycles. The number of phenolic OH excluding ortho intramolecular Hbond substituents is 2. The Kier molecular flexibility index (Phi) is 9.28. The fraction of sp³-hybridized carbons (Fsp3) is 0.394. The van der Waals surface area contributed by atoms with Gasteiger partial charge in [-0.25, -0.2) is 0 Å². The van der Waals surface area contributed by atoms with Crippen LogP contribution in [0.1, 0.15) is 90.4 Å². The molecule has 0 spiro atoms. The third-order valence-electron chi connectivity index (χ3n) is 7.55. The maximum absolute atomic E-state index is 13.2. The van der Waals surface area contributed by atoms with Gasteiger partial charge in [-0.2, -0.15) is 0 Å².